The second-order valence-electron chi connectivity index (χ2n) is 5.05. The highest BCUT2D eigenvalue weighted by molar-refractivity contribution is 5.69. The van der Waals surface area contributed by atoms with Gasteiger partial charge in [-0.1, -0.05) is 35.5 Å². The van der Waals surface area contributed by atoms with E-state index in [2.05, 4.69) is 15.6 Å². The Kier molecular flexibility index (Phi) is 3.14. The van der Waals surface area contributed by atoms with E-state index >= 15 is 0 Å². The number of nitrogens with zero attached hydrogens (tertiary/aromatic N) is 3. The van der Waals surface area contributed by atoms with Crippen molar-refractivity contribution in [2.24, 2.45) is 7.05 Å². The number of aromatic nitrogens is 3. The maximum absolute atomic E-state index is 11.9. The number of benzene rings is 1. The van der Waals surface area contributed by atoms with Gasteiger partial charge in [0.05, 0.1) is 11.7 Å². The van der Waals surface area contributed by atoms with E-state index in [9.17, 15) is 4.79 Å². The average molecular weight is 272 g/mol. The zero-order valence-corrected chi connectivity index (χ0v) is 11.2. The Morgan fingerprint density at radius 1 is 1.40 bits per heavy atom. The Bertz CT molecular complexity index is 605. The molecule has 6 nitrogen and oxygen atoms in total. The second-order valence-corrected chi connectivity index (χ2v) is 5.05. The van der Waals surface area contributed by atoms with Crippen molar-refractivity contribution in [3.05, 3.63) is 47.8 Å². The summed E-state index contributed by atoms with van der Waals surface area (Å²) in [5.41, 5.74) is 1.37. The predicted molar refractivity (Wildman–Crippen MR) is 71.7 cm³/mol. The van der Waals surface area contributed by atoms with Crippen LogP contribution in [0.5, 0.6) is 0 Å². The van der Waals surface area contributed by atoms with Crippen molar-refractivity contribution in [1.29, 1.82) is 0 Å². The van der Waals surface area contributed by atoms with Crippen LogP contribution in [0.25, 0.3) is 0 Å². The van der Waals surface area contributed by atoms with Gasteiger partial charge in [-0.25, -0.2) is 4.79 Å². The minimum Gasteiger partial charge on any atom is -0.445 e. The van der Waals surface area contributed by atoms with Gasteiger partial charge < -0.3 is 10.1 Å². The van der Waals surface area contributed by atoms with Crippen molar-refractivity contribution in [3.8, 4) is 0 Å². The Morgan fingerprint density at radius 3 is 2.75 bits per heavy atom. The number of carbonyl (C=O) groups excluding carboxylic acids is 1. The van der Waals surface area contributed by atoms with E-state index in [1.165, 1.54) is 0 Å². The molecule has 0 bridgehead atoms. The molecule has 0 atom stereocenters. The molecular formula is C14H16N4O2. The number of hydrogen-bond donors (Lipinski definition) is 1. The third-order valence-corrected chi connectivity index (χ3v) is 3.40. The van der Waals surface area contributed by atoms with Crippen LogP contribution < -0.4 is 5.32 Å². The van der Waals surface area contributed by atoms with Gasteiger partial charge in [-0.3, -0.25) is 4.68 Å². The van der Waals surface area contributed by atoms with E-state index < -0.39 is 6.09 Å². The highest BCUT2D eigenvalue weighted by Crippen LogP contribution is 2.44. The van der Waals surface area contributed by atoms with Crippen LogP contribution in [-0.4, -0.2) is 21.1 Å². The van der Waals surface area contributed by atoms with Gasteiger partial charge in [-0.05, 0) is 18.4 Å². The summed E-state index contributed by atoms with van der Waals surface area (Å²) in [7, 11) is 1.81. The third kappa shape index (κ3) is 2.64. The van der Waals surface area contributed by atoms with E-state index in [0.29, 0.717) is 0 Å². The molecule has 3 rings (SSSR count). The molecule has 0 spiro atoms. The maximum Gasteiger partial charge on any atom is 0.408 e. The maximum atomic E-state index is 11.9. The summed E-state index contributed by atoms with van der Waals surface area (Å²) in [5.74, 6) is 0. The zero-order chi connectivity index (χ0) is 14.0. The SMILES string of the molecule is Cn1cc(C2(NC(=O)OCc3ccccc3)CC2)nn1. The highest BCUT2D eigenvalue weighted by Gasteiger charge is 2.48. The fraction of sp³-hybridized carbons (Fsp3) is 0.357. The number of hydrogen-bond acceptors (Lipinski definition) is 4. The molecule has 1 N–H and O–H groups in total. The normalized spacial score (nSPS) is 15.7. The van der Waals surface area contributed by atoms with E-state index in [0.717, 1.165) is 24.1 Å². The Labute approximate surface area is 116 Å². The molecule has 1 heterocycles. The number of aryl methyl sites for hydroxylation is 1. The van der Waals surface area contributed by atoms with Crippen LogP contribution in [0.4, 0.5) is 4.79 Å². The number of nitrogens with one attached hydrogen (secondary N) is 1. The minimum absolute atomic E-state index is 0.267. The molecule has 6 heteroatoms. The van der Waals surface area contributed by atoms with E-state index in [1.54, 1.807) is 11.7 Å². The predicted octanol–water partition coefficient (Wildman–Crippen LogP) is 1.73. The number of alkyl carbamates (subject to hydrolysis) is 1. The molecule has 0 radical (unpaired) electrons. The molecule has 2 aromatic rings. The van der Waals surface area contributed by atoms with Crippen molar-refractivity contribution in [1.82, 2.24) is 20.3 Å². The smallest absolute Gasteiger partial charge is 0.408 e. The topological polar surface area (TPSA) is 69.0 Å². The summed E-state index contributed by atoms with van der Waals surface area (Å²) in [6, 6.07) is 9.60. The minimum atomic E-state index is -0.419. The first-order valence-corrected chi connectivity index (χ1v) is 6.54. The summed E-state index contributed by atoms with van der Waals surface area (Å²) >= 11 is 0. The summed E-state index contributed by atoms with van der Waals surface area (Å²) in [6.07, 6.45) is 3.14. The first-order valence-electron chi connectivity index (χ1n) is 6.54. The molecule has 0 saturated heterocycles. The Morgan fingerprint density at radius 2 is 2.15 bits per heavy atom. The van der Waals surface area contributed by atoms with Crippen LogP contribution in [0.1, 0.15) is 24.1 Å². The molecular weight excluding hydrogens is 256 g/mol. The first kappa shape index (κ1) is 12.7. The van der Waals surface area contributed by atoms with Crippen LogP contribution in [0.3, 0.4) is 0 Å². The van der Waals surface area contributed by atoms with E-state index in [-0.39, 0.29) is 12.1 Å². The molecule has 1 aliphatic rings. The summed E-state index contributed by atoms with van der Waals surface area (Å²) in [4.78, 5) is 11.9. The fourth-order valence-electron chi connectivity index (χ4n) is 2.09. The number of amides is 1. The lowest BCUT2D eigenvalue weighted by atomic mass is 10.2. The van der Waals surface area contributed by atoms with Crippen molar-refractivity contribution in [2.45, 2.75) is 25.0 Å². The summed E-state index contributed by atoms with van der Waals surface area (Å²) in [6.45, 7) is 0.267. The fourth-order valence-corrected chi connectivity index (χ4v) is 2.09. The lowest BCUT2D eigenvalue weighted by Crippen LogP contribution is -2.35. The van der Waals surface area contributed by atoms with Gasteiger partial charge in [0.1, 0.15) is 12.3 Å². The van der Waals surface area contributed by atoms with Crippen LogP contribution >= 0.6 is 0 Å². The van der Waals surface area contributed by atoms with Gasteiger partial charge in [0.15, 0.2) is 0 Å². The van der Waals surface area contributed by atoms with Gasteiger partial charge in [0, 0.05) is 7.05 Å². The Balaban J connectivity index is 1.57. The van der Waals surface area contributed by atoms with Crippen molar-refractivity contribution < 1.29 is 9.53 Å². The van der Waals surface area contributed by atoms with E-state index in [1.807, 2.05) is 36.5 Å². The van der Waals surface area contributed by atoms with Crippen molar-refractivity contribution in [2.75, 3.05) is 0 Å². The third-order valence-electron chi connectivity index (χ3n) is 3.40. The largest absolute Gasteiger partial charge is 0.445 e. The second kappa shape index (κ2) is 4.96. The van der Waals surface area contributed by atoms with Gasteiger partial charge in [0.25, 0.3) is 0 Å². The van der Waals surface area contributed by atoms with Gasteiger partial charge in [-0.15, -0.1) is 5.10 Å². The molecule has 20 heavy (non-hydrogen) atoms. The molecule has 1 fully saturated rings. The molecule has 1 aromatic carbocycles. The molecule has 1 aliphatic carbocycles. The molecule has 0 aliphatic heterocycles. The average Bonchev–Trinajstić information content (AvgIpc) is 3.10. The van der Waals surface area contributed by atoms with Gasteiger partial charge in [0.2, 0.25) is 0 Å². The molecule has 0 unspecified atom stereocenters. The van der Waals surface area contributed by atoms with Gasteiger partial charge in [-0.2, -0.15) is 0 Å². The highest BCUT2D eigenvalue weighted by atomic mass is 16.5. The van der Waals surface area contributed by atoms with Crippen molar-refractivity contribution in [3.63, 3.8) is 0 Å². The summed E-state index contributed by atoms with van der Waals surface area (Å²) in [5, 5.41) is 10.9. The van der Waals surface area contributed by atoms with Gasteiger partial charge >= 0.3 is 6.09 Å². The molecule has 1 aromatic heterocycles. The summed E-state index contributed by atoms with van der Waals surface area (Å²) < 4.78 is 6.86. The van der Waals surface area contributed by atoms with Crippen LogP contribution in [0.2, 0.25) is 0 Å². The molecule has 104 valence electrons. The standard InChI is InChI=1S/C14H16N4O2/c1-18-9-12(16-17-18)14(7-8-14)15-13(19)20-10-11-5-3-2-4-6-11/h2-6,9H,7-8,10H2,1H3,(H,15,19). The number of ether oxygens (including phenoxy) is 1. The number of carbonyl (C=O) groups is 1. The molecule has 1 saturated carbocycles. The number of rotatable bonds is 4. The van der Waals surface area contributed by atoms with Crippen LogP contribution in [0, 0.1) is 0 Å². The quantitative estimate of drug-likeness (QED) is 0.920. The molecule has 1 amide bonds. The van der Waals surface area contributed by atoms with Crippen LogP contribution in [-0.2, 0) is 23.9 Å². The monoisotopic (exact) mass is 272 g/mol. The Hall–Kier alpha value is -2.37. The lowest BCUT2D eigenvalue weighted by Gasteiger charge is -2.14. The first-order chi connectivity index (χ1) is 9.68. The van der Waals surface area contributed by atoms with Crippen LogP contribution in [0.15, 0.2) is 36.5 Å². The zero-order valence-electron chi connectivity index (χ0n) is 11.2. The van der Waals surface area contributed by atoms with Crippen molar-refractivity contribution >= 4 is 6.09 Å². The lowest BCUT2D eigenvalue weighted by molar-refractivity contribution is 0.134. The van der Waals surface area contributed by atoms with E-state index in [4.69, 9.17) is 4.74 Å².